The van der Waals surface area contributed by atoms with Crippen LogP contribution in [-0.4, -0.2) is 46.5 Å². The lowest BCUT2D eigenvalue weighted by atomic mass is 9.92. The van der Waals surface area contributed by atoms with Crippen molar-refractivity contribution in [2.75, 3.05) is 29.9 Å². The van der Waals surface area contributed by atoms with E-state index in [0.29, 0.717) is 18.9 Å². The highest BCUT2D eigenvalue weighted by atomic mass is 16.5. The number of anilines is 2. The Hall–Kier alpha value is -3.09. The minimum absolute atomic E-state index is 0.0881. The van der Waals surface area contributed by atoms with Crippen LogP contribution in [0.15, 0.2) is 42.9 Å². The molecule has 0 spiro atoms. The molecule has 3 heterocycles. The number of aromatic nitrogens is 3. The molecule has 4 rings (SSSR count). The fourth-order valence-corrected chi connectivity index (χ4v) is 4.09. The number of hydrogen-bond donors (Lipinski definition) is 2. The first-order valence-corrected chi connectivity index (χ1v) is 10.6. The van der Waals surface area contributed by atoms with Gasteiger partial charge in [0.2, 0.25) is 0 Å². The molecule has 2 aromatic heterocycles. The van der Waals surface area contributed by atoms with Crippen LogP contribution in [0.4, 0.5) is 11.5 Å². The van der Waals surface area contributed by atoms with Crippen LogP contribution in [-0.2, 0) is 4.79 Å². The number of fused-ring (bicyclic) bond motifs is 1. The van der Waals surface area contributed by atoms with Gasteiger partial charge in [0.15, 0.2) is 5.78 Å². The summed E-state index contributed by atoms with van der Waals surface area (Å²) in [6.45, 7) is 6.10. The van der Waals surface area contributed by atoms with Gasteiger partial charge in [-0.25, -0.2) is 9.97 Å². The number of hydrogen-bond acceptors (Lipinski definition) is 6. The predicted octanol–water partition coefficient (Wildman–Crippen LogP) is 4.03. The highest BCUT2D eigenvalue weighted by Crippen LogP contribution is 2.29. The normalized spacial score (nSPS) is 16.8. The van der Waals surface area contributed by atoms with Gasteiger partial charge in [-0.15, -0.1) is 0 Å². The molecule has 7 nitrogen and oxygen atoms in total. The lowest BCUT2D eigenvalue weighted by Gasteiger charge is -2.33. The number of nitrogens with one attached hydrogen (secondary N) is 2. The van der Waals surface area contributed by atoms with Crippen molar-refractivity contribution in [2.24, 2.45) is 5.92 Å². The Labute approximate surface area is 176 Å². The van der Waals surface area contributed by atoms with Crippen LogP contribution in [0, 0.1) is 5.92 Å². The maximum absolute atomic E-state index is 12.7. The molecule has 0 aliphatic carbocycles. The first-order valence-electron chi connectivity index (χ1n) is 10.6. The van der Waals surface area contributed by atoms with E-state index in [-0.39, 0.29) is 11.9 Å². The Balaban J connectivity index is 1.34. The molecule has 30 heavy (non-hydrogen) atoms. The Morgan fingerprint density at radius 3 is 3.03 bits per heavy atom. The van der Waals surface area contributed by atoms with E-state index in [1.807, 2.05) is 50.4 Å². The fraction of sp³-hybridized carbons (Fsp3) is 0.435. The quantitative estimate of drug-likeness (QED) is 0.587. The minimum atomic E-state index is 0.0881. The Kier molecular flexibility index (Phi) is 6.16. The van der Waals surface area contributed by atoms with Crippen molar-refractivity contribution in [1.82, 2.24) is 15.0 Å². The third-order valence-electron chi connectivity index (χ3n) is 5.39. The molecular formula is C23H29N5O2. The number of para-hydroxylation sites is 2. The van der Waals surface area contributed by atoms with E-state index in [4.69, 9.17) is 4.74 Å². The molecule has 0 unspecified atom stereocenters. The van der Waals surface area contributed by atoms with Crippen LogP contribution in [0.3, 0.4) is 0 Å². The van der Waals surface area contributed by atoms with E-state index in [0.717, 1.165) is 54.2 Å². The number of ether oxygens (including phenoxy) is 1. The monoisotopic (exact) mass is 407 g/mol. The van der Waals surface area contributed by atoms with Gasteiger partial charge in [0, 0.05) is 25.7 Å². The molecule has 1 aromatic carbocycles. The van der Waals surface area contributed by atoms with Crippen molar-refractivity contribution in [3.8, 4) is 5.75 Å². The Bertz CT molecular complexity index is 1000. The number of Topliss-reactive ketones (excluding diaryl/α,β-unsaturated/α-hetero) is 1. The van der Waals surface area contributed by atoms with E-state index in [2.05, 4.69) is 25.2 Å². The molecule has 7 heteroatoms. The van der Waals surface area contributed by atoms with Gasteiger partial charge in [0.05, 0.1) is 23.7 Å². The standard InChI is InChI=1S/C23H29N5O2/c1-16(2)30-21-8-4-3-7-20(21)25-13-18(29)12-17-6-5-11-28(14-17)23-19-9-10-24-22(19)26-15-27-23/h3-4,7-10,15-17,25H,5-6,11-14H2,1-2H3,(H,24,26,27)/t17-/m0/s1. The molecule has 158 valence electrons. The maximum Gasteiger partial charge on any atom is 0.152 e. The summed E-state index contributed by atoms with van der Waals surface area (Å²) >= 11 is 0. The molecule has 1 aliphatic heterocycles. The summed E-state index contributed by atoms with van der Waals surface area (Å²) in [7, 11) is 0. The second-order valence-electron chi connectivity index (χ2n) is 8.15. The summed E-state index contributed by atoms with van der Waals surface area (Å²) in [6, 6.07) is 9.78. The first-order chi connectivity index (χ1) is 14.6. The third kappa shape index (κ3) is 4.72. The van der Waals surface area contributed by atoms with Crippen LogP contribution in [0.2, 0.25) is 0 Å². The van der Waals surface area contributed by atoms with Gasteiger partial charge in [-0.2, -0.15) is 0 Å². The number of carbonyl (C=O) groups excluding carboxylic acids is 1. The van der Waals surface area contributed by atoms with Crippen LogP contribution in [0.5, 0.6) is 5.75 Å². The van der Waals surface area contributed by atoms with Gasteiger partial charge in [-0.3, -0.25) is 4.79 Å². The van der Waals surface area contributed by atoms with Crippen LogP contribution in [0.1, 0.15) is 33.1 Å². The van der Waals surface area contributed by atoms with Gasteiger partial charge in [-0.1, -0.05) is 12.1 Å². The smallest absolute Gasteiger partial charge is 0.152 e. The number of aromatic amines is 1. The molecule has 3 aromatic rings. The summed E-state index contributed by atoms with van der Waals surface area (Å²) in [5.41, 5.74) is 1.71. The van der Waals surface area contributed by atoms with E-state index in [1.165, 1.54) is 0 Å². The Morgan fingerprint density at radius 2 is 2.17 bits per heavy atom. The topological polar surface area (TPSA) is 83.1 Å². The molecule has 0 saturated carbocycles. The van der Waals surface area contributed by atoms with E-state index in [9.17, 15) is 4.79 Å². The SMILES string of the molecule is CC(C)Oc1ccccc1NCC(=O)C[C@@H]1CCCN(c2ncnc3[nH]ccc23)C1. The largest absolute Gasteiger partial charge is 0.489 e. The number of carbonyl (C=O) groups is 1. The van der Waals surface area contributed by atoms with Crippen molar-refractivity contribution >= 4 is 28.3 Å². The average Bonchev–Trinajstić information content (AvgIpc) is 3.22. The molecule has 0 radical (unpaired) electrons. The van der Waals surface area contributed by atoms with Gasteiger partial charge < -0.3 is 19.9 Å². The zero-order chi connectivity index (χ0) is 20.9. The number of ketones is 1. The number of piperidine rings is 1. The first kappa shape index (κ1) is 20.2. The minimum Gasteiger partial charge on any atom is -0.489 e. The molecule has 1 atom stereocenters. The van der Waals surface area contributed by atoms with Crippen LogP contribution < -0.4 is 15.0 Å². The number of H-pyrrole nitrogens is 1. The molecule has 1 fully saturated rings. The van der Waals surface area contributed by atoms with Crippen molar-refractivity contribution in [2.45, 2.75) is 39.2 Å². The number of rotatable bonds is 8. The predicted molar refractivity (Wildman–Crippen MR) is 119 cm³/mol. The summed E-state index contributed by atoms with van der Waals surface area (Å²) in [4.78, 5) is 26.9. The summed E-state index contributed by atoms with van der Waals surface area (Å²) < 4.78 is 5.82. The number of benzene rings is 1. The highest BCUT2D eigenvalue weighted by Gasteiger charge is 2.24. The molecule has 1 aliphatic rings. The van der Waals surface area contributed by atoms with E-state index < -0.39 is 0 Å². The Morgan fingerprint density at radius 1 is 1.30 bits per heavy atom. The van der Waals surface area contributed by atoms with Crippen molar-refractivity contribution < 1.29 is 9.53 Å². The lowest BCUT2D eigenvalue weighted by molar-refractivity contribution is -0.118. The zero-order valence-corrected chi connectivity index (χ0v) is 17.6. The zero-order valence-electron chi connectivity index (χ0n) is 17.6. The van der Waals surface area contributed by atoms with E-state index >= 15 is 0 Å². The van der Waals surface area contributed by atoms with Gasteiger partial charge in [-0.05, 0) is 50.8 Å². The second kappa shape index (κ2) is 9.15. The molecule has 1 saturated heterocycles. The fourth-order valence-electron chi connectivity index (χ4n) is 4.09. The maximum atomic E-state index is 12.7. The molecule has 0 bridgehead atoms. The van der Waals surface area contributed by atoms with Gasteiger partial charge in [0.25, 0.3) is 0 Å². The second-order valence-corrected chi connectivity index (χ2v) is 8.15. The molecular weight excluding hydrogens is 378 g/mol. The molecule has 0 amide bonds. The van der Waals surface area contributed by atoms with Gasteiger partial charge in [0.1, 0.15) is 23.5 Å². The highest BCUT2D eigenvalue weighted by molar-refractivity contribution is 5.87. The number of nitrogens with zero attached hydrogens (tertiary/aromatic N) is 3. The van der Waals surface area contributed by atoms with Crippen molar-refractivity contribution in [3.63, 3.8) is 0 Å². The van der Waals surface area contributed by atoms with E-state index in [1.54, 1.807) is 6.33 Å². The summed E-state index contributed by atoms with van der Waals surface area (Å²) in [6.07, 6.45) is 6.27. The van der Waals surface area contributed by atoms with Crippen LogP contribution in [0.25, 0.3) is 11.0 Å². The summed E-state index contributed by atoms with van der Waals surface area (Å²) in [5, 5.41) is 4.29. The van der Waals surface area contributed by atoms with Crippen molar-refractivity contribution in [3.05, 3.63) is 42.9 Å². The van der Waals surface area contributed by atoms with Crippen LogP contribution >= 0.6 is 0 Å². The van der Waals surface area contributed by atoms with Gasteiger partial charge >= 0.3 is 0 Å². The van der Waals surface area contributed by atoms with Crippen molar-refractivity contribution in [1.29, 1.82) is 0 Å². The lowest BCUT2D eigenvalue weighted by Crippen LogP contribution is -2.37. The summed E-state index contributed by atoms with van der Waals surface area (Å²) in [5.74, 6) is 2.29. The third-order valence-corrected chi connectivity index (χ3v) is 5.39. The average molecular weight is 408 g/mol. The molecule has 2 N–H and O–H groups in total.